The normalized spacial score (nSPS) is 10.9. The number of esters is 1. The van der Waals surface area contributed by atoms with Crippen LogP contribution in [0.4, 0.5) is 13.2 Å². The zero-order chi connectivity index (χ0) is 19.3. The number of carbonyl (C=O) groups excluding carboxylic acids is 1. The van der Waals surface area contributed by atoms with Crippen LogP contribution in [0.25, 0.3) is 0 Å². The van der Waals surface area contributed by atoms with Crippen molar-refractivity contribution in [2.75, 3.05) is 6.61 Å². The van der Waals surface area contributed by atoms with Gasteiger partial charge in [0.05, 0.1) is 35.2 Å². The van der Waals surface area contributed by atoms with E-state index in [1.165, 1.54) is 18.2 Å². The summed E-state index contributed by atoms with van der Waals surface area (Å²) < 4.78 is 49.1. The van der Waals surface area contributed by atoms with Crippen molar-refractivity contribution in [1.29, 1.82) is 5.26 Å². The minimum atomic E-state index is -4.62. The van der Waals surface area contributed by atoms with Gasteiger partial charge in [-0.05, 0) is 42.8 Å². The SMILES string of the molecule is CCOC(=O)Cc1ccc(Cl)c(Oc2cc(C#N)cc(C(F)(F)F)c2)c1. The summed E-state index contributed by atoms with van der Waals surface area (Å²) in [5.41, 5.74) is -0.686. The highest BCUT2D eigenvalue weighted by Gasteiger charge is 2.31. The van der Waals surface area contributed by atoms with E-state index in [0.29, 0.717) is 5.56 Å². The molecule has 0 saturated heterocycles. The van der Waals surface area contributed by atoms with Gasteiger partial charge in [-0.2, -0.15) is 18.4 Å². The molecule has 0 atom stereocenters. The number of ether oxygens (including phenoxy) is 2. The molecule has 136 valence electrons. The topological polar surface area (TPSA) is 59.3 Å². The maximum absolute atomic E-state index is 12.9. The Balaban J connectivity index is 2.33. The van der Waals surface area contributed by atoms with Gasteiger partial charge >= 0.3 is 12.1 Å². The Hall–Kier alpha value is -2.72. The zero-order valence-electron chi connectivity index (χ0n) is 13.6. The lowest BCUT2D eigenvalue weighted by Crippen LogP contribution is -2.07. The van der Waals surface area contributed by atoms with Gasteiger partial charge in [0, 0.05) is 0 Å². The number of benzene rings is 2. The number of carbonyl (C=O) groups is 1. The lowest BCUT2D eigenvalue weighted by molar-refractivity contribution is -0.142. The van der Waals surface area contributed by atoms with E-state index in [4.69, 9.17) is 26.3 Å². The molecule has 0 aliphatic carbocycles. The highest BCUT2D eigenvalue weighted by molar-refractivity contribution is 6.32. The van der Waals surface area contributed by atoms with E-state index in [1.807, 2.05) is 0 Å². The minimum Gasteiger partial charge on any atom is -0.466 e. The molecule has 0 radical (unpaired) electrons. The van der Waals surface area contributed by atoms with Crippen molar-refractivity contribution in [2.24, 2.45) is 0 Å². The van der Waals surface area contributed by atoms with Crippen molar-refractivity contribution < 1.29 is 27.4 Å². The Bertz CT molecular complexity index is 860. The molecule has 2 aromatic rings. The van der Waals surface area contributed by atoms with Gasteiger partial charge in [0.25, 0.3) is 0 Å². The molecule has 8 heteroatoms. The molecule has 2 rings (SSSR count). The number of alkyl halides is 3. The lowest BCUT2D eigenvalue weighted by atomic mass is 10.1. The van der Waals surface area contributed by atoms with Gasteiger partial charge in [0.15, 0.2) is 0 Å². The molecule has 0 saturated carbocycles. The molecule has 2 aromatic carbocycles. The van der Waals surface area contributed by atoms with Crippen molar-refractivity contribution in [3.8, 4) is 17.6 Å². The summed E-state index contributed by atoms with van der Waals surface area (Å²) >= 11 is 6.02. The van der Waals surface area contributed by atoms with Gasteiger partial charge in [-0.15, -0.1) is 0 Å². The Morgan fingerprint density at radius 2 is 1.96 bits per heavy atom. The molecule has 0 amide bonds. The summed E-state index contributed by atoms with van der Waals surface area (Å²) in [4.78, 5) is 11.5. The smallest absolute Gasteiger partial charge is 0.416 e. The predicted molar refractivity (Wildman–Crippen MR) is 88.0 cm³/mol. The third-order valence-corrected chi connectivity index (χ3v) is 3.55. The van der Waals surface area contributed by atoms with Crippen LogP contribution in [0.5, 0.6) is 11.5 Å². The minimum absolute atomic E-state index is 0.0343. The molecule has 4 nitrogen and oxygen atoms in total. The van der Waals surface area contributed by atoms with Crippen LogP contribution < -0.4 is 4.74 Å². The first-order valence-electron chi connectivity index (χ1n) is 7.47. The van der Waals surface area contributed by atoms with Crippen LogP contribution in [0.1, 0.15) is 23.6 Å². The van der Waals surface area contributed by atoms with Crippen molar-refractivity contribution in [2.45, 2.75) is 19.5 Å². The number of nitrogens with zero attached hydrogens (tertiary/aromatic N) is 1. The van der Waals surface area contributed by atoms with Crippen LogP contribution in [0.3, 0.4) is 0 Å². The van der Waals surface area contributed by atoms with E-state index in [9.17, 15) is 18.0 Å². The predicted octanol–water partition coefficient (Wildman–Crippen LogP) is 5.13. The van der Waals surface area contributed by atoms with E-state index >= 15 is 0 Å². The highest BCUT2D eigenvalue weighted by atomic mass is 35.5. The second-order valence-electron chi connectivity index (χ2n) is 5.20. The summed E-state index contributed by atoms with van der Waals surface area (Å²) in [5, 5.41) is 9.06. The average Bonchev–Trinajstić information content (AvgIpc) is 2.57. The first-order chi connectivity index (χ1) is 12.2. The fraction of sp³-hybridized carbons (Fsp3) is 0.222. The van der Waals surface area contributed by atoms with E-state index in [2.05, 4.69) is 0 Å². The number of hydrogen-bond acceptors (Lipinski definition) is 4. The first-order valence-corrected chi connectivity index (χ1v) is 7.85. The number of hydrogen-bond donors (Lipinski definition) is 0. The number of rotatable bonds is 5. The average molecular weight is 384 g/mol. The van der Waals surface area contributed by atoms with Gasteiger partial charge in [-0.1, -0.05) is 17.7 Å². The highest BCUT2D eigenvalue weighted by Crippen LogP contribution is 2.36. The molecule has 0 aliphatic rings. The van der Waals surface area contributed by atoms with Crippen LogP contribution in [-0.4, -0.2) is 12.6 Å². The number of nitriles is 1. The largest absolute Gasteiger partial charge is 0.466 e. The Morgan fingerprint density at radius 1 is 1.23 bits per heavy atom. The monoisotopic (exact) mass is 383 g/mol. The van der Waals surface area contributed by atoms with Crippen LogP contribution in [0.15, 0.2) is 36.4 Å². The van der Waals surface area contributed by atoms with Crippen LogP contribution in [0.2, 0.25) is 5.02 Å². The first kappa shape index (κ1) is 19.6. The Morgan fingerprint density at radius 3 is 2.58 bits per heavy atom. The van der Waals surface area contributed by atoms with Gasteiger partial charge in [0.1, 0.15) is 11.5 Å². The van der Waals surface area contributed by atoms with Gasteiger partial charge < -0.3 is 9.47 Å². The maximum Gasteiger partial charge on any atom is 0.416 e. The quantitative estimate of drug-likeness (QED) is 0.672. The molecular formula is C18H13ClF3NO3. The molecular weight excluding hydrogens is 371 g/mol. The third kappa shape index (κ3) is 5.14. The zero-order valence-corrected chi connectivity index (χ0v) is 14.3. The van der Waals surface area contributed by atoms with Gasteiger partial charge in [0.2, 0.25) is 0 Å². The second kappa shape index (κ2) is 8.11. The molecule has 0 aliphatic heterocycles. The fourth-order valence-corrected chi connectivity index (χ4v) is 2.28. The van der Waals surface area contributed by atoms with Crippen molar-refractivity contribution in [3.63, 3.8) is 0 Å². The molecule has 0 heterocycles. The second-order valence-corrected chi connectivity index (χ2v) is 5.61. The number of halogens is 4. The molecule has 0 unspecified atom stereocenters. The van der Waals surface area contributed by atoms with Crippen LogP contribution in [0, 0.1) is 11.3 Å². The van der Waals surface area contributed by atoms with Crippen molar-refractivity contribution in [1.82, 2.24) is 0 Å². The molecule has 0 N–H and O–H groups in total. The van der Waals surface area contributed by atoms with Gasteiger partial charge in [-0.3, -0.25) is 4.79 Å². The summed E-state index contributed by atoms with van der Waals surface area (Å²) in [5.74, 6) is -0.574. The molecule has 0 bridgehead atoms. The molecule has 0 aromatic heterocycles. The summed E-state index contributed by atoms with van der Waals surface area (Å²) in [6.45, 7) is 1.91. The van der Waals surface area contributed by atoms with E-state index < -0.39 is 17.7 Å². The molecule has 26 heavy (non-hydrogen) atoms. The lowest BCUT2D eigenvalue weighted by Gasteiger charge is -2.13. The van der Waals surface area contributed by atoms with Crippen LogP contribution in [-0.2, 0) is 22.1 Å². The summed E-state index contributed by atoms with van der Waals surface area (Å²) in [7, 11) is 0. The molecule has 0 spiro atoms. The van der Waals surface area contributed by atoms with Crippen molar-refractivity contribution in [3.05, 3.63) is 58.1 Å². The van der Waals surface area contributed by atoms with E-state index in [-0.39, 0.29) is 35.1 Å². The summed E-state index contributed by atoms with van der Waals surface area (Å²) in [6.07, 6.45) is -4.66. The third-order valence-electron chi connectivity index (χ3n) is 3.24. The van der Waals surface area contributed by atoms with E-state index in [1.54, 1.807) is 19.1 Å². The Labute approximate surface area is 152 Å². The van der Waals surface area contributed by atoms with Crippen molar-refractivity contribution >= 4 is 17.6 Å². The van der Waals surface area contributed by atoms with Gasteiger partial charge in [-0.25, -0.2) is 0 Å². The summed E-state index contributed by atoms with van der Waals surface area (Å²) in [6, 6.07) is 8.81. The Kier molecular flexibility index (Phi) is 6.11. The standard InChI is InChI=1S/C18H13ClF3NO3/c1-2-25-17(24)8-11-3-4-15(19)16(7-11)26-14-6-12(10-23)5-13(9-14)18(20,21)22/h3-7,9H,2,8H2,1H3. The van der Waals surface area contributed by atoms with E-state index in [0.717, 1.165) is 12.1 Å². The maximum atomic E-state index is 12.9. The fourth-order valence-electron chi connectivity index (χ4n) is 2.13. The van der Waals surface area contributed by atoms with Crippen LogP contribution >= 0.6 is 11.6 Å². The molecule has 0 fully saturated rings.